The highest BCUT2D eigenvalue weighted by atomic mass is 32.2. The van der Waals surface area contributed by atoms with Gasteiger partial charge in [-0.15, -0.1) is 0 Å². The fraction of sp³-hybridized carbons (Fsp3) is 0.600. The fourth-order valence-corrected chi connectivity index (χ4v) is 1.73. The number of hydrogen-bond donors (Lipinski definition) is 2. The second-order valence-electron chi connectivity index (χ2n) is 2.74. The maximum Gasteiger partial charge on any atom is 0.275 e. The van der Waals surface area contributed by atoms with Gasteiger partial charge in [-0.1, -0.05) is 0 Å². The lowest BCUT2D eigenvalue weighted by molar-refractivity contribution is 0.411. The van der Waals surface area contributed by atoms with Gasteiger partial charge >= 0.3 is 0 Å². The molecule has 7 heteroatoms. The highest BCUT2D eigenvalue weighted by molar-refractivity contribution is 7.87. The number of halogens is 2. The zero-order valence-electron chi connectivity index (χ0n) is 6.05. The Balaban J connectivity index is 2.70. The first-order valence-electron chi connectivity index (χ1n) is 3.19. The van der Waals surface area contributed by atoms with Gasteiger partial charge in [0.15, 0.2) is 0 Å². The standard InChI is InChI=1S/C5H8F2N2O2S/c6-4(7)3-5(1-2-5)9-12(8,10)11/h3,9H,1-2H2,(H2,8,10,11). The third-order valence-electron chi connectivity index (χ3n) is 1.52. The van der Waals surface area contributed by atoms with Crippen molar-refractivity contribution >= 4 is 10.2 Å². The molecule has 0 heterocycles. The maximum absolute atomic E-state index is 11.7. The van der Waals surface area contributed by atoms with Crippen LogP contribution >= 0.6 is 0 Å². The van der Waals surface area contributed by atoms with Crippen LogP contribution in [0.5, 0.6) is 0 Å². The molecule has 0 aromatic heterocycles. The van der Waals surface area contributed by atoms with E-state index in [0.29, 0.717) is 18.9 Å². The Morgan fingerprint density at radius 1 is 1.50 bits per heavy atom. The number of rotatable bonds is 3. The normalized spacial score (nSPS) is 20.2. The predicted molar refractivity (Wildman–Crippen MR) is 38.5 cm³/mol. The van der Waals surface area contributed by atoms with Gasteiger partial charge in [0, 0.05) is 6.08 Å². The largest absolute Gasteiger partial charge is 0.275 e. The van der Waals surface area contributed by atoms with E-state index in [4.69, 9.17) is 0 Å². The Morgan fingerprint density at radius 3 is 2.25 bits per heavy atom. The van der Waals surface area contributed by atoms with E-state index in [1.54, 1.807) is 0 Å². The highest BCUT2D eigenvalue weighted by Gasteiger charge is 2.44. The first-order valence-corrected chi connectivity index (χ1v) is 4.73. The summed E-state index contributed by atoms with van der Waals surface area (Å²) in [4.78, 5) is 0. The van der Waals surface area contributed by atoms with Gasteiger partial charge in [-0.25, -0.2) is 5.14 Å². The predicted octanol–water partition coefficient (Wildman–Crippen LogP) is 0.0925. The molecular formula is C5H8F2N2O2S. The summed E-state index contributed by atoms with van der Waals surface area (Å²) >= 11 is 0. The summed E-state index contributed by atoms with van der Waals surface area (Å²) in [6.45, 7) is 0. The molecule has 1 aliphatic rings. The molecule has 0 unspecified atom stereocenters. The average Bonchev–Trinajstić information content (AvgIpc) is 2.40. The Bertz CT molecular complexity index is 303. The number of nitrogens with two attached hydrogens (primary N) is 1. The van der Waals surface area contributed by atoms with Gasteiger partial charge in [-0.2, -0.15) is 21.9 Å². The first kappa shape index (κ1) is 9.56. The van der Waals surface area contributed by atoms with Crippen LogP contribution in [0.4, 0.5) is 8.78 Å². The fourth-order valence-electron chi connectivity index (χ4n) is 0.903. The molecule has 0 aromatic carbocycles. The van der Waals surface area contributed by atoms with Crippen molar-refractivity contribution in [1.29, 1.82) is 0 Å². The molecule has 1 saturated carbocycles. The molecule has 0 saturated heterocycles. The summed E-state index contributed by atoms with van der Waals surface area (Å²) in [5.41, 5.74) is -1.12. The summed E-state index contributed by atoms with van der Waals surface area (Å²) in [7, 11) is -3.89. The van der Waals surface area contributed by atoms with Crippen LogP contribution in [0.2, 0.25) is 0 Å². The van der Waals surface area contributed by atoms with Gasteiger partial charge in [0.2, 0.25) is 0 Å². The molecule has 12 heavy (non-hydrogen) atoms. The molecule has 0 spiro atoms. The molecule has 3 N–H and O–H groups in total. The average molecular weight is 198 g/mol. The lowest BCUT2D eigenvalue weighted by atomic mass is 10.3. The van der Waals surface area contributed by atoms with Crippen molar-refractivity contribution in [2.45, 2.75) is 18.4 Å². The SMILES string of the molecule is NS(=O)(=O)NC1(C=C(F)F)CC1. The quantitative estimate of drug-likeness (QED) is 0.674. The molecule has 0 aromatic rings. The van der Waals surface area contributed by atoms with Crippen molar-refractivity contribution in [3.8, 4) is 0 Å². The number of hydrogen-bond acceptors (Lipinski definition) is 2. The second-order valence-corrected chi connectivity index (χ2v) is 4.03. The molecule has 4 nitrogen and oxygen atoms in total. The topological polar surface area (TPSA) is 72.2 Å². The molecule has 1 fully saturated rings. The molecular weight excluding hydrogens is 190 g/mol. The minimum atomic E-state index is -3.89. The van der Waals surface area contributed by atoms with Crippen LogP contribution in [-0.4, -0.2) is 14.0 Å². The molecule has 0 aliphatic heterocycles. The van der Waals surface area contributed by atoms with E-state index in [-0.39, 0.29) is 0 Å². The highest BCUT2D eigenvalue weighted by Crippen LogP contribution is 2.38. The lowest BCUT2D eigenvalue weighted by Gasteiger charge is -2.08. The first-order chi connectivity index (χ1) is 5.33. The summed E-state index contributed by atoms with van der Waals surface area (Å²) in [6.07, 6.45) is -0.595. The van der Waals surface area contributed by atoms with Crippen LogP contribution in [0.3, 0.4) is 0 Å². The van der Waals surface area contributed by atoms with E-state index in [1.165, 1.54) is 0 Å². The van der Waals surface area contributed by atoms with Crippen molar-refractivity contribution in [2.75, 3.05) is 0 Å². The minimum Gasteiger partial charge on any atom is -0.216 e. The Labute approximate surface area is 68.6 Å². The monoisotopic (exact) mass is 198 g/mol. The van der Waals surface area contributed by atoms with Crippen LogP contribution < -0.4 is 9.86 Å². The Morgan fingerprint density at radius 2 is 2.00 bits per heavy atom. The molecule has 0 radical (unpaired) electrons. The van der Waals surface area contributed by atoms with Gasteiger partial charge in [0.05, 0.1) is 5.54 Å². The summed E-state index contributed by atoms with van der Waals surface area (Å²) in [5.74, 6) is 0. The van der Waals surface area contributed by atoms with Gasteiger partial charge in [0.1, 0.15) is 0 Å². The maximum atomic E-state index is 11.7. The van der Waals surface area contributed by atoms with Crippen molar-refractivity contribution < 1.29 is 17.2 Å². The summed E-state index contributed by atoms with van der Waals surface area (Å²) < 4.78 is 46.3. The molecule has 70 valence electrons. The summed E-state index contributed by atoms with van der Waals surface area (Å²) in [5, 5.41) is 4.62. The third-order valence-corrected chi connectivity index (χ3v) is 2.21. The molecule has 0 amide bonds. The molecule has 1 rings (SSSR count). The summed E-state index contributed by atoms with van der Waals surface area (Å²) in [6, 6.07) is 0. The van der Waals surface area contributed by atoms with Crippen molar-refractivity contribution in [1.82, 2.24) is 4.72 Å². The third kappa shape index (κ3) is 2.84. The molecule has 0 bridgehead atoms. The van der Waals surface area contributed by atoms with E-state index < -0.39 is 21.8 Å². The zero-order valence-corrected chi connectivity index (χ0v) is 6.87. The zero-order chi connectivity index (χ0) is 9.41. The van der Waals surface area contributed by atoms with E-state index in [9.17, 15) is 17.2 Å². The van der Waals surface area contributed by atoms with Crippen LogP contribution in [-0.2, 0) is 10.2 Å². The number of nitrogens with one attached hydrogen (secondary N) is 1. The van der Waals surface area contributed by atoms with Crippen LogP contribution in [0, 0.1) is 0 Å². The van der Waals surface area contributed by atoms with Gasteiger partial charge < -0.3 is 0 Å². The van der Waals surface area contributed by atoms with Gasteiger partial charge in [-0.3, -0.25) is 0 Å². The van der Waals surface area contributed by atoms with Crippen LogP contribution in [0.1, 0.15) is 12.8 Å². The smallest absolute Gasteiger partial charge is 0.216 e. The molecule has 1 aliphatic carbocycles. The van der Waals surface area contributed by atoms with Crippen molar-refractivity contribution in [3.05, 3.63) is 12.2 Å². The van der Waals surface area contributed by atoms with E-state index in [0.717, 1.165) is 0 Å². The molecule has 0 atom stereocenters. The Kier molecular flexibility index (Phi) is 2.19. The lowest BCUT2D eigenvalue weighted by Crippen LogP contribution is -2.39. The van der Waals surface area contributed by atoms with Gasteiger partial charge in [0.25, 0.3) is 16.3 Å². The Hall–Kier alpha value is -0.530. The van der Waals surface area contributed by atoms with Crippen LogP contribution in [0.25, 0.3) is 0 Å². The van der Waals surface area contributed by atoms with Crippen molar-refractivity contribution in [2.24, 2.45) is 5.14 Å². The second kappa shape index (κ2) is 2.75. The van der Waals surface area contributed by atoms with E-state index in [2.05, 4.69) is 5.14 Å². The van der Waals surface area contributed by atoms with Gasteiger partial charge in [-0.05, 0) is 12.8 Å². The van der Waals surface area contributed by atoms with E-state index >= 15 is 0 Å². The van der Waals surface area contributed by atoms with Crippen molar-refractivity contribution in [3.63, 3.8) is 0 Å². The van der Waals surface area contributed by atoms with Crippen LogP contribution in [0.15, 0.2) is 12.2 Å². The minimum absolute atomic E-state index is 0.362. The van der Waals surface area contributed by atoms with E-state index in [1.807, 2.05) is 4.72 Å².